The van der Waals surface area contributed by atoms with Crippen LogP contribution in [0, 0.1) is 0 Å². The third kappa shape index (κ3) is 2.47. The number of aromatic amines is 1. The normalized spacial score (nSPS) is 22.2. The molecule has 1 unspecified atom stereocenters. The van der Waals surface area contributed by atoms with Crippen molar-refractivity contribution in [3.8, 4) is 0 Å². The number of anilines is 1. The number of carbonyl (C=O) groups is 1. The minimum absolute atomic E-state index is 0.143. The summed E-state index contributed by atoms with van der Waals surface area (Å²) >= 11 is 1.93. The Morgan fingerprint density at radius 1 is 1.60 bits per heavy atom. The molecule has 0 radical (unpaired) electrons. The molecule has 106 valence electrons. The molecular weight excluding hydrogens is 272 g/mol. The lowest BCUT2D eigenvalue weighted by atomic mass is 10.1. The van der Waals surface area contributed by atoms with Crippen LogP contribution in [0.5, 0.6) is 0 Å². The van der Waals surface area contributed by atoms with E-state index in [1.165, 1.54) is 12.2 Å². The molecule has 3 rings (SSSR count). The van der Waals surface area contributed by atoms with E-state index in [1.54, 1.807) is 12.1 Å². The first-order valence-electron chi connectivity index (χ1n) is 6.73. The first-order valence-corrected chi connectivity index (χ1v) is 7.72. The number of benzene rings is 1. The number of nitrogens with zero attached hydrogens (tertiary/aromatic N) is 1. The van der Waals surface area contributed by atoms with Crippen molar-refractivity contribution in [1.82, 2.24) is 15.5 Å². The molecule has 0 bridgehead atoms. The number of carbonyl (C=O) groups excluding carboxylic acids is 1. The number of nitrogens with one attached hydrogen (secondary N) is 2. The van der Waals surface area contributed by atoms with Gasteiger partial charge in [-0.25, -0.2) is 0 Å². The Morgan fingerprint density at radius 2 is 2.45 bits per heavy atom. The second-order valence-electron chi connectivity index (χ2n) is 5.46. The highest BCUT2D eigenvalue weighted by Crippen LogP contribution is 2.37. The van der Waals surface area contributed by atoms with Crippen LogP contribution < -0.4 is 11.1 Å². The van der Waals surface area contributed by atoms with Crippen LogP contribution in [-0.4, -0.2) is 33.1 Å². The quantitative estimate of drug-likeness (QED) is 0.756. The van der Waals surface area contributed by atoms with Gasteiger partial charge in [0.25, 0.3) is 5.91 Å². The van der Waals surface area contributed by atoms with Gasteiger partial charge in [-0.1, -0.05) is 0 Å². The molecule has 1 aliphatic rings. The van der Waals surface area contributed by atoms with Crippen molar-refractivity contribution in [3.05, 3.63) is 23.9 Å². The summed E-state index contributed by atoms with van der Waals surface area (Å²) in [6.07, 6.45) is 2.37. The number of H-pyrrole nitrogens is 1. The smallest absolute Gasteiger partial charge is 0.272 e. The molecule has 1 aromatic carbocycles. The second kappa shape index (κ2) is 5.01. The van der Waals surface area contributed by atoms with Crippen molar-refractivity contribution in [1.29, 1.82) is 0 Å². The molecule has 1 aromatic heterocycles. The topological polar surface area (TPSA) is 83.8 Å². The molecule has 1 fully saturated rings. The Bertz CT molecular complexity index is 646. The summed E-state index contributed by atoms with van der Waals surface area (Å²) in [6.45, 7) is 2.87. The highest BCUT2D eigenvalue weighted by molar-refractivity contribution is 8.00. The predicted molar refractivity (Wildman–Crippen MR) is 82.9 cm³/mol. The Labute approximate surface area is 121 Å². The SMILES string of the molecule is CC1(CNC(=O)c2n[nH]c3ccc(N)cc23)CCCS1. The summed E-state index contributed by atoms with van der Waals surface area (Å²) in [6, 6.07) is 5.40. The summed E-state index contributed by atoms with van der Waals surface area (Å²) < 4.78 is 0.154. The lowest BCUT2D eigenvalue weighted by Crippen LogP contribution is -2.36. The number of thioether (sulfide) groups is 1. The zero-order valence-corrected chi connectivity index (χ0v) is 12.2. The summed E-state index contributed by atoms with van der Waals surface area (Å²) in [5.74, 6) is 1.03. The monoisotopic (exact) mass is 290 g/mol. The number of hydrogen-bond acceptors (Lipinski definition) is 4. The average molecular weight is 290 g/mol. The molecule has 1 saturated heterocycles. The van der Waals surface area contributed by atoms with E-state index < -0.39 is 0 Å². The maximum absolute atomic E-state index is 12.3. The minimum Gasteiger partial charge on any atom is -0.399 e. The standard InChI is InChI=1S/C14H18N4OS/c1-14(5-2-6-20-14)8-16-13(19)12-10-7-9(15)3-4-11(10)17-18-12/h3-4,7H,2,5-6,8,15H2,1H3,(H,16,19)(H,17,18). The van der Waals surface area contributed by atoms with Crippen molar-refractivity contribution >= 4 is 34.3 Å². The summed E-state index contributed by atoms with van der Waals surface area (Å²) in [7, 11) is 0. The van der Waals surface area contributed by atoms with Crippen LogP contribution in [0.3, 0.4) is 0 Å². The Kier molecular flexibility index (Phi) is 3.33. The molecule has 2 aromatic rings. The Hall–Kier alpha value is -1.69. The van der Waals surface area contributed by atoms with E-state index in [1.807, 2.05) is 17.8 Å². The van der Waals surface area contributed by atoms with E-state index in [0.29, 0.717) is 17.9 Å². The van der Waals surface area contributed by atoms with Crippen molar-refractivity contribution < 1.29 is 4.79 Å². The molecule has 1 aliphatic heterocycles. The van der Waals surface area contributed by atoms with Gasteiger partial charge in [0, 0.05) is 22.4 Å². The largest absolute Gasteiger partial charge is 0.399 e. The molecule has 0 spiro atoms. The fourth-order valence-electron chi connectivity index (χ4n) is 2.53. The molecule has 1 atom stereocenters. The van der Waals surface area contributed by atoms with Crippen LogP contribution in [0.15, 0.2) is 18.2 Å². The van der Waals surface area contributed by atoms with E-state index in [-0.39, 0.29) is 10.7 Å². The molecular formula is C14H18N4OS. The third-order valence-corrected chi connectivity index (χ3v) is 5.26. The zero-order valence-electron chi connectivity index (χ0n) is 11.4. The van der Waals surface area contributed by atoms with E-state index in [9.17, 15) is 4.79 Å². The Balaban J connectivity index is 1.77. The van der Waals surface area contributed by atoms with Crippen molar-refractivity contribution in [2.75, 3.05) is 18.0 Å². The van der Waals surface area contributed by atoms with Gasteiger partial charge in [0.2, 0.25) is 0 Å². The van der Waals surface area contributed by atoms with Gasteiger partial charge in [-0.2, -0.15) is 16.9 Å². The molecule has 2 heterocycles. The molecule has 6 heteroatoms. The number of amides is 1. The van der Waals surface area contributed by atoms with Gasteiger partial charge in [0.15, 0.2) is 5.69 Å². The number of aromatic nitrogens is 2. The molecule has 0 aliphatic carbocycles. The third-order valence-electron chi connectivity index (χ3n) is 3.73. The maximum Gasteiger partial charge on any atom is 0.272 e. The van der Waals surface area contributed by atoms with Gasteiger partial charge >= 0.3 is 0 Å². The first-order chi connectivity index (χ1) is 9.57. The van der Waals surface area contributed by atoms with Crippen LogP contribution in [0.1, 0.15) is 30.3 Å². The van der Waals surface area contributed by atoms with Crippen LogP contribution in [0.2, 0.25) is 0 Å². The summed E-state index contributed by atoms with van der Waals surface area (Å²) in [5, 5.41) is 10.7. The van der Waals surface area contributed by atoms with Crippen LogP contribution in [0.25, 0.3) is 10.9 Å². The zero-order chi connectivity index (χ0) is 14.2. The maximum atomic E-state index is 12.3. The molecule has 0 saturated carbocycles. The fraction of sp³-hybridized carbons (Fsp3) is 0.429. The van der Waals surface area contributed by atoms with Crippen LogP contribution >= 0.6 is 11.8 Å². The number of nitrogen functional groups attached to an aromatic ring is 1. The summed E-state index contributed by atoms with van der Waals surface area (Å²) in [4.78, 5) is 12.3. The molecule has 1 amide bonds. The van der Waals surface area contributed by atoms with Gasteiger partial charge in [-0.15, -0.1) is 0 Å². The van der Waals surface area contributed by atoms with Crippen molar-refractivity contribution in [2.45, 2.75) is 24.5 Å². The number of fused-ring (bicyclic) bond motifs is 1. The minimum atomic E-state index is -0.143. The number of hydrogen-bond donors (Lipinski definition) is 3. The molecule has 4 N–H and O–H groups in total. The lowest BCUT2D eigenvalue weighted by Gasteiger charge is -2.22. The van der Waals surface area contributed by atoms with Gasteiger partial charge in [-0.3, -0.25) is 9.89 Å². The fourth-order valence-corrected chi connectivity index (χ4v) is 3.78. The summed E-state index contributed by atoms with van der Waals surface area (Å²) in [5.41, 5.74) is 7.64. The lowest BCUT2D eigenvalue weighted by molar-refractivity contribution is 0.0946. The van der Waals surface area contributed by atoms with Crippen molar-refractivity contribution in [3.63, 3.8) is 0 Å². The van der Waals surface area contributed by atoms with E-state index in [4.69, 9.17) is 5.73 Å². The number of nitrogens with two attached hydrogens (primary N) is 1. The Morgan fingerprint density at radius 3 is 3.20 bits per heavy atom. The van der Waals surface area contributed by atoms with E-state index >= 15 is 0 Å². The predicted octanol–water partition coefficient (Wildman–Crippen LogP) is 2.16. The molecule has 20 heavy (non-hydrogen) atoms. The van der Waals surface area contributed by atoms with Crippen LogP contribution in [-0.2, 0) is 0 Å². The van der Waals surface area contributed by atoms with Gasteiger partial charge in [0.05, 0.1) is 5.52 Å². The van der Waals surface area contributed by atoms with Gasteiger partial charge in [0.1, 0.15) is 0 Å². The van der Waals surface area contributed by atoms with Crippen LogP contribution in [0.4, 0.5) is 5.69 Å². The molecule has 5 nitrogen and oxygen atoms in total. The average Bonchev–Trinajstić information content (AvgIpc) is 3.03. The highest BCUT2D eigenvalue weighted by atomic mass is 32.2. The second-order valence-corrected chi connectivity index (χ2v) is 7.14. The van der Waals surface area contributed by atoms with Crippen molar-refractivity contribution in [2.24, 2.45) is 0 Å². The number of rotatable bonds is 3. The highest BCUT2D eigenvalue weighted by Gasteiger charge is 2.30. The van der Waals surface area contributed by atoms with E-state index in [2.05, 4.69) is 22.4 Å². The van der Waals surface area contributed by atoms with Gasteiger partial charge in [-0.05, 0) is 43.7 Å². The first kappa shape index (κ1) is 13.3. The van der Waals surface area contributed by atoms with E-state index in [0.717, 1.165) is 17.3 Å². The van der Waals surface area contributed by atoms with Gasteiger partial charge < -0.3 is 11.1 Å².